The van der Waals surface area contributed by atoms with Gasteiger partial charge in [-0.2, -0.15) is 5.10 Å². The number of fused-ring (bicyclic) bond motifs is 1. The van der Waals surface area contributed by atoms with Crippen molar-refractivity contribution in [1.29, 1.82) is 0 Å². The molecule has 0 unspecified atom stereocenters. The van der Waals surface area contributed by atoms with Gasteiger partial charge in [0.1, 0.15) is 12.1 Å². The zero-order valence-corrected chi connectivity index (χ0v) is 13.8. The van der Waals surface area contributed by atoms with Crippen LogP contribution in [0, 0.1) is 6.92 Å². The van der Waals surface area contributed by atoms with E-state index in [0.29, 0.717) is 22.8 Å². The van der Waals surface area contributed by atoms with Gasteiger partial charge in [-0.05, 0) is 48.9 Å². The molecule has 5 nitrogen and oxygen atoms in total. The van der Waals surface area contributed by atoms with Gasteiger partial charge in [0, 0.05) is 11.8 Å². The van der Waals surface area contributed by atoms with Gasteiger partial charge in [-0.25, -0.2) is 23.3 Å². The fourth-order valence-electron chi connectivity index (χ4n) is 2.80. The van der Waals surface area contributed by atoms with Crippen molar-refractivity contribution in [3.8, 4) is 22.9 Å². The summed E-state index contributed by atoms with van der Waals surface area (Å²) in [7, 11) is 0. The number of aryl methyl sites for hydroxylation is 1. The minimum atomic E-state index is -2.52. The predicted octanol–water partition coefficient (Wildman–Crippen LogP) is 4.83. The van der Waals surface area contributed by atoms with Crippen LogP contribution in [0.3, 0.4) is 0 Å². The van der Waals surface area contributed by atoms with Crippen LogP contribution in [0.4, 0.5) is 8.78 Å². The van der Waals surface area contributed by atoms with Crippen LogP contribution in [0.15, 0.2) is 61.2 Å². The van der Waals surface area contributed by atoms with E-state index in [4.69, 9.17) is 4.74 Å². The van der Waals surface area contributed by atoms with Crippen LogP contribution >= 0.6 is 0 Å². The Morgan fingerprint density at radius 1 is 1.12 bits per heavy atom. The monoisotopic (exact) mass is 352 g/mol. The van der Waals surface area contributed by atoms with Crippen molar-refractivity contribution >= 4 is 5.52 Å². The molecule has 0 aliphatic carbocycles. The smallest absolute Gasteiger partial charge is 0.264 e. The lowest BCUT2D eigenvalue weighted by Crippen LogP contribution is -1.99. The van der Waals surface area contributed by atoms with Crippen LogP contribution < -0.4 is 4.74 Å². The van der Waals surface area contributed by atoms with Gasteiger partial charge in [-0.15, -0.1) is 0 Å². The third kappa shape index (κ3) is 2.88. The Hall–Kier alpha value is -3.35. The summed E-state index contributed by atoms with van der Waals surface area (Å²) in [4.78, 5) is 8.28. The third-order valence-corrected chi connectivity index (χ3v) is 4.06. The number of hydrogen-bond donors (Lipinski definition) is 0. The summed E-state index contributed by atoms with van der Waals surface area (Å²) in [6.45, 7) is 1.62. The van der Waals surface area contributed by atoms with Gasteiger partial charge in [-0.1, -0.05) is 6.07 Å². The molecule has 0 amide bonds. The van der Waals surface area contributed by atoms with Crippen molar-refractivity contribution in [2.45, 2.75) is 13.3 Å². The highest BCUT2D eigenvalue weighted by Crippen LogP contribution is 2.33. The van der Waals surface area contributed by atoms with Crippen molar-refractivity contribution in [3.63, 3.8) is 0 Å². The topological polar surface area (TPSA) is 52.3 Å². The number of rotatable bonds is 4. The number of halogens is 2. The SMILES string of the molecule is Cc1cc(Oc2ncncc2-c2cccc3ccnn23)ccc1C(F)F. The number of alkyl halides is 2. The molecule has 1 aromatic carbocycles. The van der Waals surface area contributed by atoms with E-state index in [2.05, 4.69) is 15.1 Å². The number of pyridine rings is 1. The Bertz CT molecular complexity index is 1080. The second-order valence-electron chi connectivity index (χ2n) is 5.74. The van der Waals surface area contributed by atoms with Crippen molar-refractivity contribution in [3.05, 3.63) is 72.3 Å². The summed E-state index contributed by atoms with van der Waals surface area (Å²) in [5, 5.41) is 4.31. The van der Waals surface area contributed by atoms with Gasteiger partial charge in [0.15, 0.2) is 0 Å². The molecular weight excluding hydrogens is 338 g/mol. The van der Waals surface area contributed by atoms with E-state index >= 15 is 0 Å². The highest BCUT2D eigenvalue weighted by Gasteiger charge is 2.15. The molecule has 3 heterocycles. The maximum Gasteiger partial charge on any atom is 0.264 e. The molecule has 26 heavy (non-hydrogen) atoms. The van der Waals surface area contributed by atoms with Crippen LogP contribution in [-0.4, -0.2) is 19.6 Å². The largest absolute Gasteiger partial charge is 0.438 e. The quantitative estimate of drug-likeness (QED) is 0.528. The summed E-state index contributed by atoms with van der Waals surface area (Å²) in [6.07, 6.45) is 2.20. The van der Waals surface area contributed by atoms with Crippen LogP contribution in [-0.2, 0) is 0 Å². The molecule has 0 atom stereocenters. The number of benzene rings is 1. The van der Waals surface area contributed by atoms with E-state index in [1.807, 2.05) is 24.3 Å². The second-order valence-corrected chi connectivity index (χ2v) is 5.74. The van der Waals surface area contributed by atoms with Crippen LogP contribution in [0.5, 0.6) is 11.6 Å². The predicted molar refractivity (Wildman–Crippen MR) is 92.4 cm³/mol. The molecule has 0 spiro atoms. The van der Waals surface area contributed by atoms with E-state index in [0.717, 1.165) is 11.2 Å². The fraction of sp³-hybridized carbons (Fsp3) is 0.105. The Morgan fingerprint density at radius 2 is 2.00 bits per heavy atom. The van der Waals surface area contributed by atoms with Crippen molar-refractivity contribution in [2.24, 2.45) is 0 Å². The molecular formula is C19H14F2N4O. The van der Waals surface area contributed by atoms with Crippen LogP contribution in [0.25, 0.3) is 16.8 Å². The minimum Gasteiger partial charge on any atom is -0.438 e. The number of hydrogen-bond acceptors (Lipinski definition) is 4. The summed E-state index contributed by atoms with van der Waals surface area (Å²) >= 11 is 0. The summed E-state index contributed by atoms with van der Waals surface area (Å²) < 4.78 is 33.5. The van der Waals surface area contributed by atoms with Crippen molar-refractivity contribution < 1.29 is 13.5 Å². The second kappa shape index (κ2) is 6.51. The minimum absolute atomic E-state index is 0.0124. The molecule has 0 bridgehead atoms. The highest BCUT2D eigenvalue weighted by atomic mass is 19.3. The average Bonchev–Trinajstić information content (AvgIpc) is 3.11. The standard InChI is InChI=1S/C19H14F2N4O/c1-12-9-14(5-6-15(12)18(20)21)26-19-16(10-22-11-23-19)17-4-2-3-13-7-8-24-25(13)17/h2-11,18H,1H3. The lowest BCUT2D eigenvalue weighted by Gasteiger charge is -2.12. The summed E-state index contributed by atoms with van der Waals surface area (Å²) in [5.74, 6) is 0.756. The molecule has 0 aliphatic rings. The van der Waals surface area contributed by atoms with Crippen LogP contribution in [0.2, 0.25) is 0 Å². The van der Waals surface area contributed by atoms with Gasteiger partial charge in [0.05, 0.1) is 23.0 Å². The average molecular weight is 352 g/mol. The zero-order valence-electron chi connectivity index (χ0n) is 13.8. The highest BCUT2D eigenvalue weighted by molar-refractivity contribution is 5.68. The Balaban J connectivity index is 1.75. The number of nitrogens with zero attached hydrogens (tertiary/aromatic N) is 4. The molecule has 0 saturated heterocycles. The van der Waals surface area contributed by atoms with Gasteiger partial charge < -0.3 is 4.74 Å². The Morgan fingerprint density at radius 3 is 2.81 bits per heavy atom. The zero-order chi connectivity index (χ0) is 18.1. The Kier molecular flexibility index (Phi) is 4.04. The molecule has 130 valence electrons. The fourth-order valence-corrected chi connectivity index (χ4v) is 2.80. The van der Waals surface area contributed by atoms with Gasteiger partial charge in [0.25, 0.3) is 6.43 Å². The molecule has 4 aromatic rings. The van der Waals surface area contributed by atoms with Crippen molar-refractivity contribution in [2.75, 3.05) is 0 Å². The summed E-state index contributed by atoms with van der Waals surface area (Å²) in [5.41, 5.74) is 2.79. The number of ether oxygens (including phenoxy) is 1. The third-order valence-electron chi connectivity index (χ3n) is 4.06. The molecule has 0 radical (unpaired) electrons. The molecule has 0 saturated carbocycles. The maximum atomic E-state index is 12.9. The lowest BCUT2D eigenvalue weighted by molar-refractivity contribution is 0.150. The Labute approximate surface area is 147 Å². The van der Waals surface area contributed by atoms with Crippen LogP contribution in [0.1, 0.15) is 17.6 Å². The number of aromatic nitrogens is 4. The van der Waals surface area contributed by atoms with Crippen molar-refractivity contribution in [1.82, 2.24) is 19.6 Å². The van der Waals surface area contributed by atoms with E-state index in [1.54, 1.807) is 29.9 Å². The first-order valence-corrected chi connectivity index (χ1v) is 7.93. The maximum absolute atomic E-state index is 12.9. The molecule has 0 fully saturated rings. The van der Waals surface area contributed by atoms with Gasteiger partial charge in [-0.3, -0.25) is 0 Å². The first-order valence-electron chi connectivity index (χ1n) is 7.93. The van der Waals surface area contributed by atoms with Gasteiger partial charge in [0.2, 0.25) is 5.88 Å². The molecule has 0 aliphatic heterocycles. The molecule has 7 heteroatoms. The van der Waals surface area contributed by atoms with E-state index in [-0.39, 0.29) is 5.56 Å². The lowest BCUT2D eigenvalue weighted by atomic mass is 10.1. The van der Waals surface area contributed by atoms with E-state index in [1.165, 1.54) is 18.5 Å². The molecule has 4 rings (SSSR count). The van der Waals surface area contributed by atoms with E-state index < -0.39 is 6.43 Å². The first kappa shape index (κ1) is 16.1. The molecule has 3 aromatic heterocycles. The summed E-state index contributed by atoms with van der Waals surface area (Å²) in [6, 6.07) is 12.1. The van der Waals surface area contributed by atoms with Gasteiger partial charge >= 0.3 is 0 Å². The first-order chi connectivity index (χ1) is 12.6. The van der Waals surface area contributed by atoms with E-state index in [9.17, 15) is 8.78 Å². The normalized spacial score (nSPS) is 11.2. The molecule has 0 N–H and O–H groups in total.